The maximum atomic E-state index is 12.2. The first-order chi connectivity index (χ1) is 10.7. The van der Waals surface area contributed by atoms with Crippen LogP contribution < -0.4 is 5.56 Å². The molecular weight excluding hydrogens is 278 g/mol. The highest BCUT2D eigenvalue weighted by Crippen LogP contribution is 2.31. The Morgan fingerprint density at radius 2 is 1.82 bits per heavy atom. The van der Waals surface area contributed by atoms with Gasteiger partial charge >= 0.3 is 0 Å². The van der Waals surface area contributed by atoms with Crippen LogP contribution in [-0.4, -0.2) is 15.1 Å². The lowest BCUT2D eigenvalue weighted by Gasteiger charge is -2.09. The fourth-order valence-electron chi connectivity index (χ4n) is 2.27. The normalized spacial score (nSPS) is 10.1. The molecule has 0 fully saturated rings. The number of phenols is 1. The number of nitrogens with one attached hydrogen (secondary N) is 1. The summed E-state index contributed by atoms with van der Waals surface area (Å²) >= 11 is 0. The second kappa shape index (κ2) is 5.54. The molecule has 0 bridgehead atoms. The molecule has 0 aliphatic heterocycles. The minimum absolute atomic E-state index is 0.0188. The molecule has 0 radical (unpaired) electrons. The molecule has 3 aromatic rings. The van der Waals surface area contributed by atoms with E-state index in [0.717, 1.165) is 5.56 Å². The molecule has 106 valence electrons. The van der Waals surface area contributed by atoms with E-state index < -0.39 is 5.56 Å². The van der Waals surface area contributed by atoms with Crippen molar-refractivity contribution in [2.75, 3.05) is 0 Å². The molecule has 3 rings (SSSR count). The van der Waals surface area contributed by atoms with Crippen molar-refractivity contribution < 1.29 is 5.11 Å². The van der Waals surface area contributed by atoms with Gasteiger partial charge in [0.2, 0.25) is 0 Å². The summed E-state index contributed by atoms with van der Waals surface area (Å²) in [5.74, 6) is 0.0188. The molecule has 0 saturated heterocycles. The molecule has 0 unspecified atom stereocenters. The van der Waals surface area contributed by atoms with Gasteiger partial charge in [-0.2, -0.15) is 5.26 Å². The zero-order valence-electron chi connectivity index (χ0n) is 11.4. The van der Waals surface area contributed by atoms with Crippen LogP contribution in [0.5, 0.6) is 5.75 Å². The number of nitriles is 1. The van der Waals surface area contributed by atoms with Crippen LogP contribution in [-0.2, 0) is 0 Å². The molecule has 0 aliphatic rings. The summed E-state index contributed by atoms with van der Waals surface area (Å²) in [7, 11) is 0. The Morgan fingerprint density at radius 1 is 1.09 bits per heavy atom. The minimum Gasteiger partial charge on any atom is -0.507 e. The molecule has 0 saturated carbocycles. The molecule has 0 amide bonds. The van der Waals surface area contributed by atoms with Crippen molar-refractivity contribution in [3.63, 3.8) is 0 Å². The lowest BCUT2D eigenvalue weighted by molar-refractivity contribution is 0.477. The molecule has 1 aromatic carbocycles. The second-order valence-corrected chi connectivity index (χ2v) is 4.67. The molecule has 5 heteroatoms. The number of hydrogen-bond donors (Lipinski definition) is 2. The predicted molar refractivity (Wildman–Crippen MR) is 82.1 cm³/mol. The summed E-state index contributed by atoms with van der Waals surface area (Å²) in [5.41, 5.74) is 1.66. The Morgan fingerprint density at radius 3 is 2.50 bits per heavy atom. The van der Waals surface area contributed by atoms with Crippen molar-refractivity contribution in [1.82, 2.24) is 9.97 Å². The van der Waals surface area contributed by atoms with Gasteiger partial charge in [-0.1, -0.05) is 18.2 Å². The predicted octanol–water partition coefficient (Wildman–Crippen LogP) is 2.68. The molecule has 2 heterocycles. The first-order valence-electron chi connectivity index (χ1n) is 6.57. The molecule has 2 N–H and O–H groups in total. The van der Waals surface area contributed by atoms with Crippen molar-refractivity contribution in [1.29, 1.82) is 5.26 Å². The first-order valence-corrected chi connectivity index (χ1v) is 6.57. The average molecular weight is 289 g/mol. The Kier molecular flexibility index (Phi) is 3.42. The molecule has 0 atom stereocenters. The van der Waals surface area contributed by atoms with Crippen LogP contribution in [0.3, 0.4) is 0 Å². The van der Waals surface area contributed by atoms with Gasteiger partial charge in [0.15, 0.2) is 0 Å². The maximum absolute atomic E-state index is 12.2. The number of aromatic nitrogens is 2. The van der Waals surface area contributed by atoms with Crippen molar-refractivity contribution in [2.24, 2.45) is 0 Å². The van der Waals surface area contributed by atoms with E-state index in [9.17, 15) is 15.2 Å². The van der Waals surface area contributed by atoms with E-state index in [2.05, 4.69) is 9.97 Å². The number of para-hydroxylation sites is 1. The molecular formula is C17H11N3O2. The van der Waals surface area contributed by atoms with E-state index in [1.54, 1.807) is 48.8 Å². The number of H-pyrrole nitrogens is 1. The number of phenolic OH excluding ortho intramolecular Hbond substituents is 1. The van der Waals surface area contributed by atoms with E-state index in [1.165, 1.54) is 6.07 Å². The Bertz CT molecular complexity index is 925. The Labute approximate surface area is 126 Å². The monoisotopic (exact) mass is 289 g/mol. The van der Waals surface area contributed by atoms with Crippen LogP contribution in [0.4, 0.5) is 0 Å². The summed E-state index contributed by atoms with van der Waals surface area (Å²) in [5, 5.41) is 19.3. The van der Waals surface area contributed by atoms with Gasteiger partial charge < -0.3 is 10.1 Å². The summed E-state index contributed by atoms with van der Waals surface area (Å²) in [6.45, 7) is 0. The highest BCUT2D eigenvalue weighted by Gasteiger charge is 2.14. The number of hydrogen-bond acceptors (Lipinski definition) is 4. The minimum atomic E-state index is -0.491. The third kappa shape index (κ3) is 2.34. The fraction of sp³-hybridized carbons (Fsp3) is 0. The fourth-order valence-corrected chi connectivity index (χ4v) is 2.27. The highest BCUT2D eigenvalue weighted by atomic mass is 16.3. The van der Waals surface area contributed by atoms with Crippen molar-refractivity contribution in [3.8, 4) is 34.2 Å². The third-order valence-electron chi connectivity index (χ3n) is 3.33. The number of pyridine rings is 2. The second-order valence-electron chi connectivity index (χ2n) is 4.67. The van der Waals surface area contributed by atoms with E-state index in [0.29, 0.717) is 16.8 Å². The number of rotatable bonds is 2. The van der Waals surface area contributed by atoms with Crippen molar-refractivity contribution >= 4 is 0 Å². The molecule has 5 nitrogen and oxygen atoms in total. The van der Waals surface area contributed by atoms with Gasteiger partial charge in [0, 0.05) is 34.8 Å². The van der Waals surface area contributed by atoms with Crippen molar-refractivity contribution in [2.45, 2.75) is 0 Å². The topological polar surface area (TPSA) is 89.8 Å². The maximum Gasteiger partial charge on any atom is 0.266 e. The first kappa shape index (κ1) is 13.6. The smallest absolute Gasteiger partial charge is 0.266 e. The van der Waals surface area contributed by atoms with Gasteiger partial charge in [0.1, 0.15) is 17.4 Å². The molecule has 2 aromatic heterocycles. The molecule has 22 heavy (non-hydrogen) atoms. The summed E-state index contributed by atoms with van der Waals surface area (Å²) in [4.78, 5) is 18.8. The Hall–Kier alpha value is -3.39. The van der Waals surface area contributed by atoms with Crippen LogP contribution in [0.2, 0.25) is 0 Å². The number of aromatic hydroxyl groups is 1. The van der Waals surface area contributed by atoms with Crippen molar-refractivity contribution in [3.05, 3.63) is 70.8 Å². The zero-order valence-corrected chi connectivity index (χ0v) is 11.4. The van der Waals surface area contributed by atoms with Crippen LogP contribution in [0.1, 0.15) is 5.56 Å². The third-order valence-corrected chi connectivity index (χ3v) is 3.33. The average Bonchev–Trinajstić information content (AvgIpc) is 2.55. The SMILES string of the molecule is N#Cc1c(-c2ccccc2O)cc(-c2ccncc2)[nH]c1=O. The van der Waals surface area contributed by atoms with Gasteiger partial charge in [-0.25, -0.2) is 0 Å². The number of benzene rings is 1. The van der Waals surface area contributed by atoms with Crippen LogP contribution in [0.25, 0.3) is 22.4 Å². The summed E-state index contributed by atoms with van der Waals surface area (Å²) < 4.78 is 0. The molecule has 0 spiro atoms. The van der Waals surface area contributed by atoms with Gasteiger partial charge in [-0.3, -0.25) is 9.78 Å². The van der Waals surface area contributed by atoms with Crippen LogP contribution in [0, 0.1) is 11.3 Å². The quantitative estimate of drug-likeness (QED) is 0.759. The van der Waals surface area contributed by atoms with E-state index in [4.69, 9.17) is 0 Å². The largest absolute Gasteiger partial charge is 0.507 e. The van der Waals surface area contributed by atoms with Gasteiger partial charge in [-0.15, -0.1) is 0 Å². The Balaban J connectivity index is 2.30. The highest BCUT2D eigenvalue weighted by molar-refractivity contribution is 5.78. The number of nitrogens with zero attached hydrogens (tertiary/aromatic N) is 2. The zero-order chi connectivity index (χ0) is 15.5. The van der Waals surface area contributed by atoms with Gasteiger partial charge in [-0.05, 0) is 24.3 Å². The van der Waals surface area contributed by atoms with E-state index in [-0.39, 0.29) is 11.3 Å². The number of aromatic amines is 1. The lowest BCUT2D eigenvalue weighted by atomic mass is 9.98. The van der Waals surface area contributed by atoms with Gasteiger partial charge in [0.05, 0.1) is 0 Å². The summed E-state index contributed by atoms with van der Waals surface area (Å²) in [6.07, 6.45) is 3.23. The van der Waals surface area contributed by atoms with Crippen LogP contribution >= 0.6 is 0 Å². The van der Waals surface area contributed by atoms with E-state index in [1.807, 2.05) is 6.07 Å². The standard InChI is InChI=1S/C17H11N3O2/c18-10-14-13(12-3-1-2-4-16(12)21)9-15(20-17(14)22)11-5-7-19-8-6-11/h1-9,21H,(H,20,22). The van der Waals surface area contributed by atoms with E-state index >= 15 is 0 Å². The van der Waals surface area contributed by atoms with Crippen LogP contribution in [0.15, 0.2) is 59.7 Å². The summed E-state index contributed by atoms with van der Waals surface area (Å²) in [6, 6.07) is 13.7. The van der Waals surface area contributed by atoms with Gasteiger partial charge in [0.25, 0.3) is 5.56 Å². The lowest BCUT2D eigenvalue weighted by Crippen LogP contribution is -2.12. The molecule has 0 aliphatic carbocycles.